The molecule has 3 aromatic heterocycles. The van der Waals surface area contributed by atoms with E-state index in [9.17, 15) is 9.90 Å². The summed E-state index contributed by atoms with van der Waals surface area (Å²) in [5.74, 6) is 0.869. The highest BCUT2D eigenvalue weighted by Gasteiger charge is 2.20. The lowest BCUT2D eigenvalue weighted by Gasteiger charge is -2.19. The van der Waals surface area contributed by atoms with Gasteiger partial charge >= 0.3 is 0 Å². The van der Waals surface area contributed by atoms with Crippen LogP contribution in [0, 0.1) is 19.8 Å². The molecule has 1 amide bonds. The van der Waals surface area contributed by atoms with E-state index in [2.05, 4.69) is 30.7 Å². The molecule has 9 heteroatoms. The number of carbonyl (C=O) groups is 1. The zero-order valence-electron chi connectivity index (χ0n) is 17.8. The van der Waals surface area contributed by atoms with Gasteiger partial charge in [-0.1, -0.05) is 13.8 Å². The van der Waals surface area contributed by atoms with Gasteiger partial charge in [0, 0.05) is 18.9 Å². The Morgan fingerprint density at radius 2 is 1.93 bits per heavy atom. The minimum atomic E-state index is -0.323. The average Bonchev–Trinajstić information content (AvgIpc) is 3.07. The second-order valence-corrected chi connectivity index (χ2v) is 7.61. The highest BCUT2D eigenvalue weighted by atomic mass is 16.3. The maximum Gasteiger partial charge on any atom is 0.269 e. The van der Waals surface area contributed by atoms with Crippen LogP contribution < -0.4 is 10.6 Å². The topological polar surface area (TPSA) is 118 Å². The second-order valence-electron chi connectivity index (χ2n) is 7.61. The summed E-state index contributed by atoms with van der Waals surface area (Å²) in [6.45, 7) is 7.68. The summed E-state index contributed by atoms with van der Waals surface area (Å²) in [5.41, 5.74) is 3.49. The predicted octanol–water partition coefficient (Wildman–Crippen LogP) is 2.38. The third-order valence-electron chi connectivity index (χ3n) is 4.69. The number of nitrogens with zero attached hydrogens (tertiary/aromatic N) is 5. The number of rotatable bonds is 7. The van der Waals surface area contributed by atoms with E-state index in [1.54, 1.807) is 25.4 Å². The summed E-state index contributed by atoms with van der Waals surface area (Å²) >= 11 is 0. The number of aromatic nitrogens is 5. The summed E-state index contributed by atoms with van der Waals surface area (Å²) in [4.78, 5) is 25.8. The highest BCUT2D eigenvalue weighted by Crippen LogP contribution is 2.20. The monoisotopic (exact) mass is 409 g/mol. The third-order valence-corrected chi connectivity index (χ3v) is 4.69. The Hall–Kier alpha value is -3.33. The van der Waals surface area contributed by atoms with E-state index in [1.165, 1.54) is 4.68 Å². The van der Waals surface area contributed by atoms with Gasteiger partial charge in [-0.25, -0.2) is 15.0 Å². The SMILES string of the molecule is Cc1cc(C)nc(Nc2nccc(-c3cc(C(=O)NC(CO)C(C)C)n(C)n3)n2)c1. The molecule has 0 bridgehead atoms. The molecule has 0 spiro atoms. The third kappa shape index (κ3) is 4.98. The van der Waals surface area contributed by atoms with Gasteiger partial charge < -0.3 is 15.7 Å². The van der Waals surface area contributed by atoms with Crippen LogP contribution in [0.15, 0.2) is 30.5 Å². The molecule has 30 heavy (non-hydrogen) atoms. The molecule has 0 saturated carbocycles. The number of amides is 1. The molecule has 158 valence electrons. The van der Waals surface area contributed by atoms with Gasteiger partial charge in [-0.2, -0.15) is 5.10 Å². The first-order chi connectivity index (χ1) is 14.3. The molecule has 1 atom stereocenters. The zero-order chi connectivity index (χ0) is 21.8. The maximum atomic E-state index is 12.6. The maximum absolute atomic E-state index is 12.6. The van der Waals surface area contributed by atoms with Crippen molar-refractivity contribution in [1.82, 2.24) is 30.0 Å². The Morgan fingerprint density at radius 3 is 2.60 bits per heavy atom. The first kappa shape index (κ1) is 21.4. The van der Waals surface area contributed by atoms with E-state index in [0.717, 1.165) is 11.3 Å². The first-order valence-electron chi connectivity index (χ1n) is 9.78. The molecular formula is C21H27N7O2. The fraction of sp³-hybridized carbons (Fsp3) is 0.381. The fourth-order valence-corrected chi connectivity index (χ4v) is 3.05. The van der Waals surface area contributed by atoms with Gasteiger partial charge in [0.1, 0.15) is 17.2 Å². The summed E-state index contributed by atoms with van der Waals surface area (Å²) < 4.78 is 1.50. The van der Waals surface area contributed by atoms with Crippen molar-refractivity contribution in [2.24, 2.45) is 13.0 Å². The largest absolute Gasteiger partial charge is 0.394 e. The van der Waals surface area contributed by atoms with Crippen LogP contribution in [0.3, 0.4) is 0 Å². The summed E-state index contributed by atoms with van der Waals surface area (Å²) in [6.07, 6.45) is 1.63. The molecular weight excluding hydrogens is 382 g/mol. The standard InChI is InChI=1S/C21H27N7O2/c1-12(2)17(11-29)24-20(30)18-10-16(27-28(18)5)15-6-7-22-21(25-15)26-19-9-13(3)8-14(4)23-19/h6-10,12,17,29H,11H2,1-5H3,(H,24,30)(H,22,23,25,26). The van der Waals surface area contributed by atoms with E-state index >= 15 is 0 Å². The minimum Gasteiger partial charge on any atom is -0.394 e. The van der Waals surface area contributed by atoms with Crippen molar-refractivity contribution < 1.29 is 9.90 Å². The number of hydrogen-bond acceptors (Lipinski definition) is 7. The van der Waals surface area contributed by atoms with Crippen molar-refractivity contribution in [3.8, 4) is 11.4 Å². The average molecular weight is 409 g/mol. The van der Waals surface area contributed by atoms with Crippen molar-refractivity contribution in [1.29, 1.82) is 0 Å². The zero-order valence-corrected chi connectivity index (χ0v) is 17.8. The molecule has 0 aliphatic heterocycles. The first-order valence-corrected chi connectivity index (χ1v) is 9.78. The van der Waals surface area contributed by atoms with Crippen LogP contribution in [0.1, 0.15) is 35.6 Å². The number of anilines is 2. The molecule has 0 aliphatic rings. The molecule has 3 N–H and O–H groups in total. The lowest BCUT2D eigenvalue weighted by Crippen LogP contribution is -2.41. The number of aliphatic hydroxyl groups is 1. The molecule has 0 radical (unpaired) electrons. The lowest BCUT2D eigenvalue weighted by molar-refractivity contribution is 0.0887. The highest BCUT2D eigenvalue weighted by molar-refractivity contribution is 5.93. The van der Waals surface area contributed by atoms with Crippen molar-refractivity contribution in [3.05, 3.63) is 47.4 Å². The van der Waals surface area contributed by atoms with Crippen LogP contribution in [0.2, 0.25) is 0 Å². The lowest BCUT2D eigenvalue weighted by atomic mass is 10.1. The quantitative estimate of drug-likeness (QED) is 0.548. The molecule has 3 aromatic rings. The van der Waals surface area contributed by atoms with Crippen LogP contribution in [0.25, 0.3) is 11.4 Å². The number of aliphatic hydroxyl groups excluding tert-OH is 1. The fourth-order valence-electron chi connectivity index (χ4n) is 3.05. The number of pyridine rings is 1. The Bertz CT molecular complexity index is 1030. The smallest absolute Gasteiger partial charge is 0.269 e. The molecule has 0 aliphatic carbocycles. The van der Waals surface area contributed by atoms with E-state index in [1.807, 2.05) is 39.8 Å². The van der Waals surface area contributed by atoms with Crippen LogP contribution in [-0.2, 0) is 7.05 Å². The van der Waals surface area contributed by atoms with Crippen molar-refractivity contribution >= 4 is 17.7 Å². The Kier molecular flexibility index (Phi) is 6.41. The van der Waals surface area contributed by atoms with Gasteiger partial charge in [-0.3, -0.25) is 9.48 Å². The van der Waals surface area contributed by atoms with Gasteiger partial charge in [0.05, 0.1) is 18.3 Å². The van der Waals surface area contributed by atoms with E-state index < -0.39 is 0 Å². The van der Waals surface area contributed by atoms with Crippen molar-refractivity contribution in [2.45, 2.75) is 33.7 Å². The Morgan fingerprint density at radius 1 is 1.17 bits per heavy atom. The van der Waals surface area contributed by atoms with Crippen LogP contribution >= 0.6 is 0 Å². The number of aryl methyl sites for hydroxylation is 3. The second kappa shape index (κ2) is 9.00. The van der Waals surface area contributed by atoms with E-state index in [4.69, 9.17) is 0 Å². The summed E-state index contributed by atoms with van der Waals surface area (Å²) in [6, 6.07) is 6.98. The van der Waals surface area contributed by atoms with Gasteiger partial charge in [-0.05, 0) is 49.6 Å². The van der Waals surface area contributed by atoms with Crippen LogP contribution in [0.4, 0.5) is 11.8 Å². The molecule has 0 aromatic carbocycles. The van der Waals surface area contributed by atoms with Gasteiger partial charge in [0.2, 0.25) is 5.95 Å². The predicted molar refractivity (Wildman–Crippen MR) is 114 cm³/mol. The van der Waals surface area contributed by atoms with E-state index in [-0.39, 0.29) is 24.5 Å². The van der Waals surface area contributed by atoms with Gasteiger partial charge in [0.15, 0.2) is 0 Å². The normalized spacial score (nSPS) is 12.1. The van der Waals surface area contributed by atoms with Gasteiger partial charge in [0.25, 0.3) is 5.91 Å². The molecule has 0 saturated heterocycles. The Labute approximate surface area is 175 Å². The molecule has 0 fully saturated rings. The molecule has 3 heterocycles. The van der Waals surface area contributed by atoms with Crippen molar-refractivity contribution in [3.63, 3.8) is 0 Å². The number of hydrogen-bond donors (Lipinski definition) is 3. The van der Waals surface area contributed by atoms with E-state index in [0.29, 0.717) is 28.8 Å². The Balaban J connectivity index is 1.82. The molecule has 9 nitrogen and oxygen atoms in total. The van der Waals surface area contributed by atoms with Gasteiger partial charge in [-0.15, -0.1) is 0 Å². The molecule has 3 rings (SSSR count). The summed E-state index contributed by atoms with van der Waals surface area (Å²) in [7, 11) is 1.70. The van der Waals surface area contributed by atoms with Crippen LogP contribution in [0.5, 0.6) is 0 Å². The number of nitrogens with one attached hydrogen (secondary N) is 2. The molecule has 1 unspecified atom stereocenters. The van der Waals surface area contributed by atoms with Crippen LogP contribution in [-0.4, -0.2) is 48.4 Å². The minimum absolute atomic E-state index is 0.112. The summed E-state index contributed by atoms with van der Waals surface area (Å²) in [5, 5.41) is 19.8. The number of carbonyl (C=O) groups excluding carboxylic acids is 1. The van der Waals surface area contributed by atoms with Crippen molar-refractivity contribution in [2.75, 3.05) is 11.9 Å².